The summed E-state index contributed by atoms with van der Waals surface area (Å²) in [5, 5.41) is 7.75. The summed E-state index contributed by atoms with van der Waals surface area (Å²) < 4.78 is 8.11. The SMILES string of the molecule is CCn1cc(C2CC(NC)c3cc(C)ccc3O2)cn1. The zero-order valence-corrected chi connectivity index (χ0v) is 12.3. The second-order valence-electron chi connectivity index (χ2n) is 5.35. The van der Waals surface area contributed by atoms with Crippen molar-refractivity contribution in [2.75, 3.05) is 7.05 Å². The van der Waals surface area contributed by atoms with Gasteiger partial charge in [0.2, 0.25) is 0 Å². The van der Waals surface area contributed by atoms with Crippen molar-refractivity contribution < 1.29 is 4.74 Å². The number of fused-ring (bicyclic) bond motifs is 1. The number of hydrogen-bond acceptors (Lipinski definition) is 3. The molecule has 0 fully saturated rings. The number of ether oxygens (including phenoxy) is 1. The average molecular weight is 271 g/mol. The monoisotopic (exact) mass is 271 g/mol. The number of hydrogen-bond donors (Lipinski definition) is 1. The van der Waals surface area contributed by atoms with E-state index in [0.29, 0.717) is 6.04 Å². The molecule has 3 rings (SSSR count). The van der Waals surface area contributed by atoms with E-state index < -0.39 is 0 Å². The van der Waals surface area contributed by atoms with Crippen LogP contribution < -0.4 is 10.1 Å². The molecule has 2 atom stereocenters. The van der Waals surface area contributed by atoms with Gasteiger partial charge in [-0.2, -0.15) is 5.10 Å². The van der Waals surface area contributed by atoms with Crippen molar-refractivity contribution in [2.45, 2.75) is 39.0 Å². The largest absolute Gasteiger partial charge is 0.485 e. The van der Waals surface area contributed by atoms with Crippen LogP contribution in [0.1, 0.15) is 42.2 Å². The first-order valence-corrected chi connectivity index (χ1v) is 7.18. The summed E-state index contributed by atoms with van der Waals surface area (Å²) >= 11 is 0. The van der Waals surface area contributed by atoms with Gasteiger partial charge in [-0.15, -0.1) is 0 Å². The van der Waals surface area contributed by atoms with Gasteiger partial charge < -0.3 is 10.1 Å². The highest BCUT2D eigenvalue weighted by Crippen LogP contribution is 2.40. The molecule has 2 aromatic rings. The summed E-state index contributed by atoms with van der Waals surface area (Å²) in [6.07, 6.45) is 5.00. The molecule has 0 spiro atoms. The minimum Gasteiger partial charge on any atom is -0.485 e. The maximum absolute atomic E-state index is 6.17. The molecule has 0 aliphatic carbocycles. The highest BCUT2D eigenvalue weighted by Gasteiger charge is 2.29. The van der Waals surface area contributed by atoms with E-state index in [4.69, 9.17) is 4.74 Å². The molecule has 0 saturated heterocycles. The second kappa shape index (κ2) is 5.29. The number of nitrogens with one attached hydrogen (secondary N) is 1. The van der Waals surface area contributed by atoms with Crippen LogP contribution in [-0.2, 0) is 6.54 Å². The highest BCUT2D eigenvalue weighted by atomic mass is 16.5. The summed E-state index contributed by atoms with van der Waals surface area (Å²) in [5.74, 6) is 0.982. The van der Waals surface area contributed by atoms with Crippen molar-refractivity contribution in [1.82, 2.24) is 15.1 Å². The Morgan fingerprint density at radius 2 is 2.30 bits per heavy atom. The van der Waals surface area contributed by atoms with Gasteiger partial charge in [0, 0.05) is 36.3 Å². The molecular formula is C16H21N3O. The third-order valence-corrected chi connectivity index (χ3v) is 3.96. The van der Waals surface area contributed by atoms with Crippen LogP contribution >= 0.6 is 0 Å². The third-order valence-electron chi connectivity index (χ3n) is 3.96. The lowest BCUT2D eigenvalue weighted by molar-refractivity contribution is 0.154. The lowest BCUT2D eigenvalue weighted by Gasteiger charge is -2.32. The van der Waals surface area contributed by atoms with Crippen molar-refractivity contribution in [3.63, 3.8) is 0 Å². The van der Waals surface area contributed by atoms with Gasteiger partial charge in [-0.25, -0.2) is 0 Å². The van der Waals surface area contributed by atoms with E-state index in [-0.39, 0.29) is 6.10 Å². The van der Waals surface area contributed by atoms with Crippen LogP contribution in [0.25, 0.3) is 0 Å². The topological polar surface area (TPSA) is 39.1 Å². The fourth-order valence-corrected chi connectivity index (χ4v) is 2.79. The van der Waals surface area contributed by atoms with E-state index in [9.17, 15) is 0 Å². The van der Waals surface area contributed by atoms with Gasteiger partial charge in [-0.3, -0.25) is 4.68 Å². The molecule has 0 amide bonds. The molecule has 4 heteroatoms. The Kier molecular flexibility index (Phi) is 3.49. The zero-order chi connectivity index (χ0) is 14.1. The molecule has 2 heterocycles. The predicted molar refractivity (Wildman–Crippen MR) is 78.9 cm³/mol. The molecule has 1 aromatic carbocycles. The molecule has 0 saturated carbocycles. The fourth-order valence-electron chi connectivity index (χ4n) is 2.79. The minimum absolute atomic E-state index is 0.0722. The Hall–Kier alpha value is -1.81. The molecule has 0 radical (unpaired) electrons. The number of aromatic nitrogens is 2. The van der Waals surface area contributed by atoms with Gasteiger partial charge in [0.05, 0.1) is 6.20 Å². The first kappa shape index (κ1) is 13.2. The van der Waals surface area contributed by atoms with E-state index in [2.05, 4.69) is 48.7 Å². The Labute approximate surface area is 119 Å². The van der Waals surface area contributed by atoms with Gasteiger partial charge >= 0.3 is 0 Å². The molecule has 1 aromatic heterocycles. The van der Waals surface area contributed by atoms with Crippen LogP contribution in [-0.4, -0.2) is 16.8 Å². The molecule has 20 heavy (non-hydrogen) atoms. The molecule has 0 bridgehead atoms. The molecule has 1 N–H and O–H groups in total. The van der Waals surface area contributed by atoms with Gasteiger partial charge in [-0.05, 0) is 27.0 Å². The van der Waals surface area contributed by atoms with Gasteiger partial charge in [-0.1, -0.05) is 17.7 Å². The number of nitrogens with zero attached hydrogens (tertiary/aromatic N) is 2. The van der Waals surface area contributed by atoms with Gasteiger partial charge in [0.25, 0.3) is 0 Å². The van der Waals surface area contributed by atoms with E-state index in [1.54, 1.807) is 0 Å². The molecular weight excluding hydrogens is 250 g/mol. The van der Waals surface area contributed by atoms with Crippen molar-refractivity contribution in [2.24, 2.45) is 0 Å². The van der Waals surface area contributed by atoms with Crippen LogP contribution in [0.2, 0.25) is 0 Å². The summed E-state index contributed by atoms with van der Waals surface area (Å²) in [6, 6.07) is 6.71. The second-order valence-corrected chi connectivity index (χ2v) is 5.35. The van der Waals surface area contributed by atoms with E-state index in [1.807, 2.05) is 17.9 Å². The highest BCUT2D eigenvalue weighted by molar-refractivity contribution is 5.41. The summed E-state index contributed by atoms with van der Waals surface area (Å²) in [7, 11) is 2.01. The molecule has 2 unspecified atom stereocenters. The number of rotatable bonds is 3. The average Bonchev–Trinajstić information content (AvgIpc) is 2.95. The number of aryl methyl sites for hydroxylation is 2. The first-order chi connectivity index (χ1) is 9.71. The van der Waals surface area contributed by atoms with Gasteiger partial charge in [0.1, 0.15) is 11.9 Å². The number of benzene rings is 1. The van der Waals surface area contributed by atoms with Crippen molar-refractivity contribution >= 4 is 0 Å². The first-order valence-electron chi connectivity index (χ1n) is 7.18. The summed E-state index contributed by atoms with van der Waals surface area (Å²) in [6.45, 7) is 5.09. The lowest BCUT2D eigenvalue weighted by Crippen LogP contribution is -2.26. The van der Waals surface area contributed by atoms with Crippen LogP contribution in [0.4, 0.5) is 0 Å². The molecule has 1 aliphatic rings. The van der Waals surface area contributed by atoms with Crippen molar-refractivity contribution in [3.8, 4) is 5.75 Å². The summed E-state index contributed by atoms with van der Waals surface area (Å²) in [5.41, 5.74) is 3.68. The zero-order valence-electron chi connectivity index (χ0n) is 12.3. The normalized spacial score (nSPS) is 21.4. The van der Waals surface area contributed by atoms with Gasteiger partial charge in [0.15, 0.2) is 0 Å². The lowest BCUT2D eigenvalue weighted by atomic mass is 9.93. The van der Waals surface area contributed by atoms with Crippen LogP contribution in [0.3, 0.4) is 0 Å². The minimum atomic E-state index is 0.0722. The van der Waals surface area contributed by atoms with E-state index in [1.165, 1.54) is 11.1 Å². The molecule has 1 aliphatic heterocycles. The van der Waals surface area contributed by atoms with Crippen molar-refractivity contribution in [1.29, 1.82) is 0 Å². The fraction of sp³-hybridized carbons (Fsp3) is 0.438. The molecule has 4 nitrogen and oxygen atoms in total. The van der Waals surface area contributed by atoms with Crippen LogP contribution in [0.5, 0.6) is 5.75 Å². The molecule has 106 valence electrons. The Morgan fingerprint density at radius 1 is 1.45 bits per heavy atom. The van der Waals surface area contributed by atoms with E-state index in [0.717, 1.165) is 24.3 Å². The van der Waals surface area contributed by atoms with Crippen LogP contribution in [0.15, 0.2) is 30.6 Å². The third kappa shape index (κ3) is 2.31. The quantitative estimate of drug-likeness (QED) is 0.932. The Bertz CT molecular complexity index is 606. The Morgan fingerprint density at radius 3 is 3.00 bits per heavy atom. The maximum atomic E-state index is 6.17. The smallest absolute Gasteiger partial charge is 0.129 e. The van der Waals surface area contributed by atoms with Crippen molar-refractivity contribution in [3.05, 3.63) is 47.3 Å². The Balaban J connectivity index is 1.92. The maximum Gasteiger partial charge on any atom is 0.129 e. The summed E-state index contributed by atoms with van der Waals surface area (Å²) in [4.78, 5) is 0. The standard InChI is InChI=1S/C16H21N3O/c1-4-19-10-12(9-18-19)16-8-14(17-3)13-7-11(2)5-6-15(13)20-16/h5-7,9-10,14,16-17H,4,8H2,1-3H3. The van der Waals surface area contributed by atoms with E-state index >= 15 is 0 Å². The predicted octanol–water partition coefficient (Wildman–Crippen LogP) is 3.00. The van der Waals surface area contributed by atoms with Crippen LogP contribution in [0, 0.1) is 6.92 Å².